The number of hydrogen-bond donors (Lipinski definition) is 1. The van der Waals surface area contributed by atoms with Crippen LogP contribution in [0.2, 0.25) is 0 Å². The maximum atomic E-state index is 12.3. The van der Waals surface area contributed by atoms with Crippen molar-refractivity contribution in [3.8, 4) is 5.75 Å². The Balaban J connectivity index is 1.48. The van der Waals surface area contributed by atoms with E-state index >= 15 is 0 Å². The number of aryl methyl sites for hydroxylation is 1. The van der Waals surface area contributed by atoms with Gasteiger partial charge < -0.3 is 19.9 Å². The maximum Gasteiger partial charge on any atom is 0.261 e. The average Bonchev–Trinajstić information content (AvgIpc) is 2.67. The number of rotatable bonds is 6. The molecule has 5 heteroatoms. The predicted octanol–water partition coefficient (Wildman–Crippen LogP) is 2.83. The van der Waals surface area contributed by atoms with E-state index in [4.69, 9.17) is 4.74 Å². The summed E-state index contributed by atoms with van der Waals surface area (Å²) in [6, 6.07) is 16.2. The number of nitrogens with zero attached hydrogens (tertiary/aromatic N) is 2. The summed E-state index contributed by atoms with van der Waals surface area (Å²) in [6.07, 6.45) is -0.531. The maximum absolute atomic E-state index is 12.3. The van der Waals surface area contributed by atoms with Gasteiger partial charge in [-0.3, -0.25) is 4.79 Å². The first-order chi connectivity index (χ1) is 13.0. The number of piperazine rings is 1. The monoisotopic (exact) mass is 367 g/mol. The van der Waals surface area contributed by atoms with Crippen molar-refractivity contribution in [3.05, 3.63) is 59.7 Å². The molecule has 1 heterocycles. The van der Waals surface area contributed by atoms with Gasteiger partial charge in [0.05, 0.1) is 0 Å². The van der Waals surface area contributed by atoms with Gasteiger partial charge in [0.1, 0.15) is 5.75 Å². The van der Waals surface area contributed by atoms with E-state index in [0.717, 1.165) is 37.3 Å². The highest BCUT2D eigenvalue weighted by molar-refractivity contribution is 5.80. The van der Waals surface area contributed by atoms with Gasteiger partial charge in [0, 0.05) is 38.4 Å². The molecule has 1 fully saturated rings. The number of ether oxygens (including phenoxy) is 1. The zero-order chi connectivity index (χ0) is 19.2. The fourth-order valence-electron chi connectivity index (χ4n) is 3.17. The summed E-state index contributed by atoms with van der Waals surface area (Å²) < 4.78 is 5.73. The molecule has 1 aliphatic heterocycles. The Morgan fingerprint density at radius 3 is 2.48 bits per heavy atom. The van der Waals surface area contributed by atoms with Gasteiger partial charge in [-0.15, -0.1) is 0 Å². The van der Waals surface area contributed by atoms with Crippen molar-refractivity contribution >= 4 is 11.6 Å². The molecule has 27 heavy (non-hydrogen) atoms. The molecule has 0 radical (unpaired) electrons. The number of carbonyl (C=O) groups excluding carboxylic acids is 1. The van der Waals surface area contributed by atoms with Crippen LogP contribution in [-0.2, 0) is 11.3 Å². The van der Waals surface area contributed by atoms with E-state index < -0.39 is 6.10 Å². The summed E-state index contributed by atoms with van der Waals surface area (Å²) >= 11 is 0. The molecular formula is C22H29N3O2. The van der Waals surface area contributed by atoms with Gasteiger partial charge in [0.2, 0.25) is 0 Å². The van der Waals surface area contributed by atoms with Crippen LogP contribution < -0.4 is 15.0 Å². The van der Waals surface area contributed by atoms with Crippen LogP contribution in [0.4, 0.5) is 5.69 Å². The first-order valence-corrected chi connectivity index (χ1v) is 9.55. The highest BCUT2D eigenvalue weighted by Crippen LogP contribution is 2.17. The van der Waals surface area contributed by atoms with Gasteiger partial charge in [0.15, 0.2) is 6.10 Å². The van der Waals surface area contributed by atoms with Crippen LogP contribution in [0.25, 0.3) is 0 Å². The molecule has 2 aromatic carbocycles. The fraction of sp³-hybridized carbons (Fsp3) is 0.409. The number of nitrogens with one attached hydrogen (secondary N) is 1. The van der Waals surface area contributed by atoms with E-state index in [1.54, 1.807) is 6.92 Å². The molecule has 1 N–H and O–H groups in total. The Morgan fingerprint density at radius 1 is 1.11 bits per heavy atom. The van der Waals surface area contributed by atoms with Crippen molar-refractivity contribution in [1.82, 2.24) is 10.2 Å². The molecule has 5 nitrogen and oxygen atoms in total. The second-order valence-electron chi connectivity index (χ2n) is 7.25. The summed E-state index contributed by atoms with van der Waals surface area (Å²) in [7, 11) is 2.16. The highest BCUT2D eigenvalue weighted by Gasteiger charge is 2.16. The SMILES string of the molecule is Cc1cccc(OC(C)C(=O)NCc2ccc(N3CCN(C)CC3)cc2)c1. The minimum Gasteiger partial charge on any atom is -0.481 e. The van der Waals surface area contributed by atoms with Gasteiger partial charge in [0.25, 0.3) is 5.91 Å². The predicted molar refractivity (Wildman–Crippen MR) is 109 cm³/mol. The van der Waals surface area contributed by atoms with Crippen LogP contribution in [0.5, 0.6) is 5.75 Å². The fourth-order valence-corrected chi connectivity index (χ4v) is 3.17. The number of anilines is 1. The molecule has 1 unspecified atom stereocenters. The first-order valence-electron chi connectivity index (χ1n) is 9.55. The van der Waals surface area contributed by atoms with Crippen LogP contribution in [0.1, 0.15) is 18.1 Å². The van der Waals surface area contributed by atoms with E-state index in [1.807, 2.05) is 31.2 Å². The van der Waals surface area contributed by atoms with Crippen molar-refractivity contribution in [3.63, 3.8) is 0 Å². The molecular weight excluding hydrogens is 338 g/mol. The highest BCUT2D eigenvalue weighted by atomic mass is 16.5. The molecule has 1 atom stereocenters. The lowest BCUT2D eigenvalue weighted by Crippen LogP contribution is -2.44. The van der Waals surface area contributed by atoms with Crippen LogP contribution in [0.15, 0.2) is 48.5 Å². The molecule has 1 aliphatic rings. The van der Waals surface area contributed by atoms with Crippen LogP contribution in [-0.4, -0.2) is 50.1 Å². The van der Waals surface area contributed by atoms with Crippen LogP contribution >= 0.6 is 0 Å². The van der Waals surface area contributed by atoms with Crippen molar-refractivity contribution in [2.45, 2.75) is 26.5 Å². The molecule has 1 saturated heterocycles. The smallest absolute Gasteiger partial charge is 0.261 e. The minimum atomic E-state index is -0.531. The summed E-state index contributed by atoms with van der Waals surface area (Å²) in [5.74, 6) is 0.605. The van der Waals surface area contributed by atoms with Crippen molar-refractivity contribution < 1.29 is 9.53 Å². The normalized spacial score (nSPS) is 16.0. The standard InChI is InChI=1S/C22H29N3O2/c1-17-5-4-6-21(15-17)27-18(2)22(26)23-16-19-7-9-20(10-8-19)25-13-11-24(3)12-14-25/h4-10,15,18H,11-14,16H2,1-3H3,(H,23,26). The third kappa shape index (κ3) is 5.47. The summed E-state index contributed by atoms with van der Waals surface area (Å²) in [4.78, 5) is 17.1. The largest absolute Gasteiger partial charge is 0.481 e. The molecule has 144 valence electrons. The van der Waals surface area contributed by atoms with Gasteiger partial charge >= 0.3 is 0 Å². The van der Waals surface area contributed by atoms with Gasteiger partial charge in [-0.1, -0.05) is 24.3 Å². The summed E-state index contributed by atoms with van der Waals surface area (Å²) in [6.45, 7) is 8.58. The number of hydrogen-bond acceptors (Lipinski definition) is 4. The zero-order valence-corrected chi connectivity index (χ0v) is 16.4. The second-order valence-corrected chi connectivity index (χ2v) is 7.25. The van der Waals surface area contributed by atoms with E-state index in [9.17, 15) is 4.79 Å². The molecule has 0 aliphatic carbocycles. The Hall–Kier alpha value is -2.53. The molecule has 0 bridgehead atoms. The van der Waals surface area contributed by atoms with E-state index in [0.29, 0.717) is 12.3 Å². The van der Waals surface area contributed by atoms with E-state index in [1.165, 1.54) is 5.69 Å². The second kappa shape index (κ2) is 8.91. The summed E-state index contributed by atoms with van der Waals surface area (Å²) in [5.41, 5.74) is 3.44. The van der Waals surface area contributed by atoms with E-state index in [2.05, 4.69) is 46.4 Å². The van der Waals surface area contributed by atoms with Gasteiger partial charge in [-0.05, 0) is 56.3 Å². The topological polar surface area (TPSA) is 44.8 Å². The summed E-state index contributed by atoms with van der Waals surface area (Å²) in [5, 5.41) is 2.95. The van der Waals surface area contributed by atoms with Crippen LogP contribution in [0.3, 0.4) is 0 Å². The third-order valence-electron chi connectivity index (χ3n) is 4.94. The zero-order valence-electron chi connectivity index (χ0n) is 16.4. The number of carbonyl (C=O) groups is 1. The lowest BCUT2D eigenvalue weighted by atomic mass is 10.1. The van der Waals surface area contributed by atoms with Gasteiger partial charge in [-0.25, -0.2) is 0 Å². The van der Waals surface area contributed by atoms with E-state index in [-0.39, 0.29) is 5.91 Å². The average molecular weight is 367 g/mol. The molecule has 3 rings (SSSR count). The Kier molecular flexibility index (Phi) is 6.35. The number of likely N-dealkylation sites (N-methyl/N-ethyl adjacent to an activating group) is 1. The quantitative estimate of drug-likeness (QED) is 0.853. The van der Waals surface area contributed by atoms with Gasteiger partial charge in [-0.2, -0.15) is 0 Å². The van der Waals surface area contributed by atoms with Crippen molar-refractivity contribution in [1.29, 1.82) is 0 Å². The lowest BCUT2D eigenvalue weighted by Gasteiger charge is -2.34. The Labute approximate surface area is 161 Å². The number of benzene rings is 2. The Morgan fingerprint density at radius 2 is 1.81 bits per heavy atom. The number of amides is 1. The molecule has 0 aromatic heterocycles. The van der Waals surface area contributed by atoms with Crippen molar-refractivity contribution in [2.24, 2.45) is 0 Å². The molecule has 1 amide bonds. The first kappa shape index (κ1) is 19.2. The van der Waals surface area contributed by atoms with Crippen LogP contribution in [0, 0.1) is 6.92 Å². The lowest BCUT2D eigenvalue weighted by molar-refractivity contribution is -0.127. The van der Waals surface area contributed by atoms with Crippen molar-refractivity contribution in [2.75, 3.05) is 38.1 Å². The Bertz CT molecular complexity index is 752. The molecule has 0 saturated carbocycles. The molecule has 0 spiro atoms. The third-order valence-corrected chi connectivity index (χ3v) is 4.94. The molecule has 2 aromatic rings. The minimum absolute atomic E-state index is 0.111.